The highest BCUT2D eigenvalue weighted by atomic mass is 16.5. The van der Waals surface area contributed by atoms with E-state index in [0.717, 1.165) is 30.4 Å². The van der Waals surface area contributed by atoms with Crippen LogP contribution in [0.3, 0.4) is 0 Å². The van der Waals surface area contributed by atoms with E-state index >= 15 is 0 Å². The Morgan fingerprint density at radius 2 is 0.851 bits per heavy atom. The van der Waals surface area contributed by atoms with Crippen LogP contribution in [0.4, 0.5) is 0 Å². The third-order valence-corrected chi connectivity index (χ3v) is 11.7. The molecule has 4 aliphatic carbocycles. The summed E-state index contributed by atoms with van der Waals surface area (Å²) >= 11 is 0. The summed E-state index contributed by atoms with van der Waals surface area (Å²) in [6.45, 7) is 27.5. The van der Waals surface area contributed by atoms with Crippen LogP contribution in [0.25, 0.3) is 0 Å². The van der Waals surface area contributed by atoms with Gasteiger partial charge in [-0.3, -0.25) is 0 Å². The van der Waals surface area contributed by atoms with Crippen molar-refractivity contribution < 1.29 is 14.9 Å². The number of rotatable bonds is 0. The summed E-state index contributed by atoms with van der Waals surface area (Å²) in [4.78, 5) is 0. The number of fused-ring (bicyclic) bond motifs is 4. The molecular formula is C44H62O3. The quantitative estimate of drug-likeness (QED) is 0.278. The summed E-state index contributed by atoms with van der Waals surface area (Å²) in [6.07, 6.45) is 20.9. The molecule has 0 saturated carbocycles. The Kier molecular flexibility index (Phi) is 8.63. The molecule has 8 unspecified atom stereocenters. The molecule has 0 aromatic carbocycles. The van der Waals surface area contributed by atoms with Gasteiger partial charge in [0.2, 0.25) is 0 Å². The van der Waals surface area contributed by atoms with Gasteiger partial charge in [0, 0.05) is 23.7 Å². The molecule has 47 heavy (non-hydrogen) atoms. The Balaban J connectivity index is 1.60. The van der Waals surface area contributed by atoms with Crippen LogP contribution < -0.4 is 0 Å². The Morgan fingerprint density at radius 3 is 1.40 bits per heavy atom. The molecule has 2 fully saturated rings. The minimum atomic E-state index is -0.527. The van der Waals surface area contributed by atoms with Gasteiger partial charge in [-0.05, 0) is 91.9 Å². The van der Waals surface area contributed by atoms with Gasteiger partial charge in [0.05, 0.1) is 24.4 Å². The number of ether oxygens (including phenoxy) is 1. The lowest BCUT2D eigenvalue weighted by Crippen LogP contribution is -2.44. The summed E-state index contributed by atoms with van der Waals surface area (Å²) in [5, 5.41) is 24.2. The number of hydrogen-bond donors (Lipinski definition) is 2. The van der Waals surface area contributed by atoms with Crippen LogP contribution in [0.2, 0.25) is 0 Å². The maximum Gasteiger partial charge on any atom is 0.0865 e. The van der Waals surface area contributed by atoms with Crippen molar-refractivity contribution >= 4 is 0 Å². The fourth-order valence-electron chi connectivity index (χ4n) is 8.59. The van der Waals surface area contributed by atoms with E-state index in [2.05, 4.69) is 132 Å². The predicted molar refractivity (Wildman–Crippen MR) is 196 cm³/mol. The van der Waals surface area contributed by atoms with E-state index in [9.17, 15) is 10.2 Å². The SMILES string of the molecule is CC(C)(C)C1=CC2CC3=CC(C(C)(C)C)=CC4CC5C=C(C(C)(C)C)C=C(CC6C=C(C(C)(C)C)C=C(CC(=C1)C2O)C6OC34)C5O. The van der Waals surface area contributed by atoms with E-state index in [0.29, 0.717) is 6.42 Å². The summed E-state index contributed by atoms with van der Waals surface area (Å²) in [5.41, 5.74) is 10.0. The largest absolute Gasteiger partial charge is 0.388 e. The van der Waals surface area contributed by atoms with Crippen molar-refractivity contribution in [3.8, 4) is 0 Å². The maximum absolute atomic E-state index is 12.1. The number of aliphatic hydroxyl groups is 2. The highest BCUT2D eigenvalue weighted by molar-refractivity contribution is 5.47. The summed E-state index contributed by atoms with van der Waals surface area (Å²) in [5.74, 6) is 0.224. The molecule has 2 aliphatic heterocycles. The van der Waals surface area contributed by atoms with Crippen LogP contribution in [0.15, 0.2) is 93.2 Å². The molecule has 0 spiro atoms. The summed E-state index contributed by atoms with van der Waals surface area (Å²) in [6, 6.07) is 0. The standard InChI is InChI=1S/C44H62O3/c1-41(2,3)33-17-25-13-29-21-35(43(7,8)9)23-31-15-27-19-34(42(4,5)6)20-28(38(27)46)16-32-24-36(44(10,11)12)22-30(40(32)47-39(29)31)14-26(18-33)37(25)45/h17-25,27,29-30,37-40,45-46H,13-16H2,1-12H3. The van der Waals surface area contributed by atoms with Crippen LogP contribution >= 0.6 is 0 Å². The first-order valence-electron chi connectivity index (χ1n) is 18.3. The lowest BCUT2D eigenvalue weighted by atomic mass is 9.66. The van der Waals surface area contributed by atoms with E-state index < -0.39 is 12.2 Å². The molecule has 6 bridgehead atoms. The minimum Gasteiger partial charge on any atom is -0.388 e. The lowest BCUT2D eigenvalue weighted by molar-refractivity contribution is -0.0339. The molecule has 6 rings (SSSR count). The second kappa shape index (κ2) is 11.7. The zero-order valence-corrected chi connectivity index (χ0v) is 31.4. The zero-order chi connectivity index (χ0) is 34.4. The third kappa shape index (κ3) is 6.84. The second-order valence-electron chi connectivity index (χ2n) is 19.7. The van der Waals surface area contributed by atoms with E-state index in [-0.39, 0.29) is 57.5 Å². The molecule has 3 nitrogen and oxygen atoms in total. The molecule has 256 valence electrons. The van der Waals surface area contributed by atoms with Crippen molar-refractivity contribution in [3.63, 3.8) is 0 Å². The zero-order valence-electron chi connectivity index (χ0n) is 31.4. The fraction of sp³-hybridized carbons (Fsp3) is 0.636. The van der Waals surface area contributed by atoms with Crippen LogP contribution in [-0.4, -0.2) is 34.6 Å². The lowest BCUT2D eigenvalue weighted by Gasteiger charge is -2.46. The molecule has 2 saturated heterocycles. The smallest absolute Gasteiger partial charge is 0.0865 e. The van der Waals surface area contributed by atoms with Crippen molar-refractivity contribution in [3.05, 3.63) is 93.2 Å². The topological polar surface area (TPSA) is 49.7 Å². The Morgan fingerprint density at radius 1 is 0.468 bits per heavy atom. The van der Waals surface area contributed by atoms with Crippen LogP contribution in [0, 0.1) is 45.3 Å². The fourth-order valence-corrected chi connectivity index (χ4v) is 8.59. The van der Waals surface area contributed by atoms with E-state index in [1.165, 1.54) is 33.4 Å². The molecule has 6 aliphatic rings. The molecule has 8 atom stereocenters. The van der Waals surface area contributed by atoms with Crippen molar-refractivity contribution in [2.75, 3.05) is 0 Å². The third-order valence-electron chi connectivity index (χ3n) is 11.7. The van der Waals surface area contributed by atoms with Gasteiger partial charge in [0.15, 0.2) is 0 Å². The second-order valence-corrected chi connectivity index (χ2v) is 19.7. The molecular weight excluding hydrogens is 576 g/mol. The van der Waals surface area contributed by atoms with Gasteiger partial charge < -0.3 is 14.9 Å². The molecule has 0 radical (unpaired) electrons. The Bertz CT molecular complexity index is 1540. The molecule has 2 N–H and O–H groups in total. The van der Waals surface area contributed by atoms with Crippen molar-refractivity contribution in [1.29, 1.82) is 0 Å². The van der Waals surface area contributed by atoms with E-state index in [1.54, 1.807) is 0 Å². The van der Waals surface area contributed by atoms with Crippen molar-refractivity contribution in [2.24, 2.45) is 45.3 Å². The maximum atomic E-state index is 12.1. The van der Waals surface area contributed by atoms with Gasteiger partial charge >= 0.3 is 0 Å². The first kappa shape index (κ1) is 34.7. The number of aliphatic hydroxyl groups excluding tert-OH is 2. The summed E-state index contributed by atoms with van der Waals surface area (Å²) in [7, 11) is 0. The van der Waals surface area contributed by atoms with Crippen molar-refractivity contribution in [1.82, 2.24) is 0 Å². The molecule has 0 amide bonds. The first-order chi connectivity index (χ1) is 21.6. The monoisotopic (exact) mass is 638 g/mol. The van der Waals surface area contributed by atoms with E-state index in [4.69, 9.17) is 4.74 Å². The van der Waals surface area contributed by atoms with Gasteiger partial charge in [-0.25, -0.2) is 0 Å². The van der Waals surface area contributed by atoms with E-state index in [1.807, 2.05) is 0 Å². The van der Waals surface area contributed by atoms with Gasteiger partial charge in [0.25, 0.3) is 0 Å². The normalized spacial score (nSPS) is 34.8. The van der Waals surface area contributed by atoms with Crippen LogP contribution in [0.1, 0.15) is 109 Å². The summed E-state index contributed by atoms with van der Waals surface area (Å²) < 4.78 is 7.56. The first-order valence-corrected chi connectivity index (χ1v) is 18.3. The van der Waals surface area contributed by atoms with Gasteiger partial charge in [-0.2, -0.15) is 0 Å². The molecule has 3 heteroatoms. The van der Waals surface area contributed by atoms with Gasteiger partial charge in [-0.1, -0.05) is 132 Å². The molecule has 0 aromatic heterocycles. The predicted octanol–water partition coefficient (Wildman–Crippen LogP) is 10.2. The number of allylic oxidation sites excluding steroid dienone is 8. The van der Waals surface area contributed by atoms with Crippen molar-refractivity contribution in [2.45, 2.75) is 133 Å². The average molecular weight is 639 g/mol. The molecule has 2 heterocycles. The van der Waals surface area contributed by atoms with Gasteiger partial charge in [-0.15, -0.1) is 0 Å². The Labute approximate surface area is 286 Å². The minimum absolute atomic E-state index is 0.00484. The average Bonchev–Trinajstić information content (AvgIpc) is 2.91. The van der Waals surface area contributed by atoms with Crippen LogP contribution in [-0.2, 0) is 4.74 Å². The van der Waals surface area contributed by atoms with Crippen LogP contribution in [0.5, 0.6) is 0 Å². The number of hydrogen-bond acceptors (Lipinski definition) is 3. The Hall–Kier alpha value is -2.20. The highest BCUT2D eigenvalue weighted by Crippen LogP contribution is 2.50. The highest BCUT2D eigenvalue weighted by Gasteiger charge is 2.45. The molecule has 0 aromatic rings. The van der Waals surface area contributed by atoms with Gasteiger partial charge in [0.1, 0.15) is 0 Å².